The third-order valence-corrected chi connectivity index (χ3v) is 5.46. The quantitative estimate of drug-likeness (QED) is 0.375. The molecule has 0 fully saturated rings. The van der Waals surface area contributed by atoms with Gasteiger partial charge in [-0.15, -0.1) is 0 Å². The van der Waals surface area contributed by atoms with Crippen LogP contribution in [0.1, 0.15) is 18.1 Å². The van der Waals surface area contributed by atoms with Crippen LogP contribution in [0.3, 0.4) is 0 Å². The summed E-state index contributed by atoms with van der Waals surface area (Å²) >= 11 is 0. The Labute approximate surface area is 178 Å². The van der Waals surface area contributed by atoms with Gasteiger partial charge in [0.25, 0.3) is 0 Å². The van der Waals surface area contributed by atoms with Crippen LogP contribution in [-0.2, 0) is 12.8 Å². The van der Waals surface area contributed by atoms with E-state index in [4.69, 9.17) is 0 Å². The number of aromatic hydroxyl groups is 2. The van der Waals surface area contributed by atoms with Gasteiger partial charge < -0.3 is 10.2 Å². The minimum atomic E-state index is 0.309. The van der Waals surface area contributed by atoms with Crippen LogP contribution in [-0.4, -0.2) is 10.2 Å². The van der Waals surface area contributed by atoms with E-state index < -0.39 is 0 Å². The first-order chi connectivity index (χ1) is 14.6. The highest BCUT2D eigenvalue weighted by Crippen LogP contribution is 2.32. The Balaban J connectivity index is 1.51. The molecule has 4 aromatic carbocycles. The van der Waals surface area contributed by atoms with Gasteiger partial charge in [-0.1, -0.05) is 79.7 Å². The van der Waals surface area contributed by atoms with E-state index in [1.54, 1.807) is 12.1 Å². The zero-order valence-corrected chi connectivity index (χ0v) is 17.1. The SMILES string of the molecule is CC(Cc1ccc(O)c(-c2ccccc2)c1)Cc1ccc(O)c(-c2ccccc2)c1. The molecule has 0 spiro atoms. The highest BCUT2D eigenvalue weighted by molar-refractivity contribution is 5.71. The molecule has 0 unspecified atom stereocenters. The summed E-state index contributed by atoms with van der Waals surface area (Å²) < 4.78 is 0. The van der Waals surface area contributed by atoms with Crippen LogP contribution in [0.5, 0.6) is 11.5 Å². The summed E-state index contributed by atoms with van der Waals surface area (Å²) in [5, 5.41) is 20.6. The van der Waals surface area contributed by atoms with Gasteiger partial charge in [-0.05, 0) is 65.3 Å². The molecule has 0 atom stereocenters. The van der Waals surface area contributed by atoms with Crippen molar-refractivity contribution in [3.8, 4) is 33.8 Å². The average Bonchev–Trinajstić information content (AvgIpc) is 2.77. The molecule has 0 radical (unpaired) electrons. The van der Waals surface area contributed by atoms with Crippen LogP contribution >= 0.6 is 0 Å². The fourth-order valence-electron chi connectivity index (χ4n) is 4.00. The van der Waals surface area contributed by atoms with E-state index in [2.05, 4.69) is 19.1 Å². The van der Waals surface area contributed by atoms with Crippen LogP contribution in [0.2, 0.25) is 0 Å². The summed E-state index contributed by atoms with van der Waals surface area (Å²) in [5.74, 6) is 1.04. The van der Waals surface area contributed by atoms with Crippen molar-refractivity contribution in [1.82, 2.24) is 0 Å². The Morgan fingerprint density at radius 2 is 0.967 bits per heavy atom. The van der Waals surface area contributed by atoms with Crippen molar-refractivity contribution >= 4 is 0 Å². The van der Waals surface area contributed by atoms with Gasteiger partial charge in [0.15, 0.2) is 0 Å². The summed E-state index contributed by atoms with van der Waals surface area (Å²) in [6, 6.07) is 31.7. The van der Waals surface area contributed by atoms with Crippen molar-refractivity contribution in [2.45, 2.75) is 19.8 Å². The standard InChI is InChI=1S/C28H26O2/c1-20(16-21-12-14-27(29)25(18-21)23-8-4-2-5-9-23)17-22-13-15-28(30)26(19-22)24-10-6-3-7-11-24/h2-15,18-20,29-30H,16-17H2,1H3. The minimum absolute atomic E-state index is 0.309. The van der Waals surface area contributed by atoms with Gasteiger partial charge in [-0.3, -0.25) is 0 Å². The second-order valence-electron chi connectivity index (χ2n) is 7.95. The molecule has 0 aromatic heterocycles. The smallest absolute Gasteiger partial charge is 0.123 e. The average molecular weight is 395 g/mol. The largest absolute Gasteiger partial charge is 0.507 e. The Morgan fingerprint density at radius 1 is 0.567 bits per heavy atom. The maximum Gasteiger partial charge on any atom is 0.123 e. The Morgan fingerprint density at radius 3 is 1.37 bits per heavy atom. The fourth-order valence-corrected chi connectivity index (χ4v) is 4.00. The lowest BCUT2D eigenvalue weighted by molar-refractivity contribution is 0.476. The van der Waals surface area contributed by atoms with E-state index >= 15 is 0 Å². The van der Waals surface area contributed by atoms with E-state index in [-0.39, 0.29) is 0 Å². The first-order valence-electron chi connectivity index (χ1n) is 10.3. The number of rotatable bonds is 6. The molecule has 0 saturated heterocycles. The van der Waals surface area contributed by atoms with E-state index in [1.165, 1.54) is 11.1 Å². The predicted octanol–water partition coefficient (Wildman–Crippen LogP) is 6.85. The number of benzene rings is 4. The summed E-state index contributed by atoms with van der Waals surface area (Å²) in [6.07, 6.45) is 1.84. The Kier molecular flexibility index (Phi) is 5.85. The van der Waals surface area contributed by atoms with Crippen molar-refractivity contribution in [2.24, 2.45) is 5.92 Å². The zero-order valence-electron chi connectivity index (χ0n) is 17.1. The maximum atomic E-state index is 10.3. The number of phenolic OH excluding ortho intramolecular Hbond substituents is 2. The number of hydrogen-bond donors (Lipinski definition) is 2. The first kappa shape index (κ1) is 19.8. The van der Waals surface area contributed by atoms with Gasteiger partial charge in [0.05, 0.1) is 0 Å². The van der Waals surface area contributed by atoms with Crippen molar-refractivity contribution in [2.75, 3.05) is 0 Å². The molecule has 0 aliphatic carbocycles. The van der Waals surface area contributed by atoms with Gasteiger partial charge in [-0.25, -0.2) is 0 Å². The molecule has 4 aromatic rings. The van der Waals surface area contributed by atoms with Crippen LogP contribution in [0.25, 0.3) is 22.3 Å². The number of phenols is 2. The Hall–Kier alpha value is -3.52. The summed E-state index contributed by atoms with van der Waals surface area (Å²) in [5.41, 5.74) is 6.21. The third kappa shape index (κ3) is 4.55. The molecule has 4 rings (SSSR count). The van der Waals surface area contributed by atoms with E-state index in [9.17, 15) is 10.2 Å². The lowest BCUT2D eigenvalue weighted by Gasteiger charge is -2.15. The predicted molar refractivity (Wildman–Crippen MR) is 124 cm³/mol. The number of hydrogen-bond acceptors (Lipinski definition) is 2. The Bertz CT molecular complexity index is 1030. The summed E-state index contributed by atoms with van der Waals surface area (Å²) in [7, 11) is 0. The van der Waals surface area contributed by atoms with Crippen molar-refractivity contribution in [3.63, 3.8) is 0 Å². The molecule has 0 heterocycles. The van der Waals surface area contributed by atoms with E-state index in [1.807, 2.05) is 72.8 Å². The van der Waals surface area contributed by atoms with Crippen LogP contribution in [0, 0.1) is 5.92 Å². The van der Waals surface area contributed by atoms with Gasteiger partial charge in [0.2, 0.25) is 0 Å². The molecule has 0 saturated carbocycles. The second-order valence-corrected chi connectivity index (χ2v) is 7.95. The highest BCUT2D eigenvalue weighted by Gasteiger charge is 2.11. The van der Waals surface area contributed by atoms with Gasteiger partial charge >= 0.3 is 0 Å². The second kappa shape index (κ2) is 8.87. The van der Waals surface area contributed by atoms with Crippen LogP contribution in [0.4, 0.5) is 0 Å². The molecule has 150 valence electrons. The highest BCUT2D eigenvalue weighted by atomic mass is 16.3. The molecule has 2 N–H and O–H groups in total. The molecule has 2 nitrogen and oxygen atoms in total. The van der Waals surface area contributed by atoms with E-state index in [0.717, 1.165) is 35.1 Å². The lowest BCUT2D eigenvalue weighted by atomic mass is 9.91. The fraction of sp³-hybridized carbons (Fsp3) is 0.143. The van der Waals surface area contributed by atoms with Gasteiger partial charge in [0.1, 0.15) is 11.5 Å². The van der Waals surface area contributed by atoms with Gasteiger partial charge in [-0.2, -0.15) is 0 Å². The topological polar surface area (TPSA) is 40.5 Å². The maximum absolute atomic E-state index is 10.3. The molecule has 0 aliphatic rings. The molecule has 0 amide bonds. The molecule has 0 bridgehead atoms. The minimum Gasteiger partial charge on any atom is -0.507 e. The van der Waals surface area contributed by atoms with Crippen molar-refractivity contribution in [3.05, 3.63) is 108 Å². The zero-order chi connectivity index (χ0) is 20.9. The molecular weight excluding hydrogens is 368 g/mol. The normalized spacial score (nSPS) is 11.0. The van der Waals surface area contributed by atoms with E-state index in [0.29, 0.717) is 17.4 Å². The summed E-state index contributed by atoms with van der Waals surface area (Å²) in [6.45, 7) is 2.24. The van der Waals surface area contributed by atoms with Crippen molar-refractivity contribution < 1.29 is 10.2 Å². The van der Waals surface area contributed by atoms with Gasteiger partial charge in [0, 0.05) is 11.1 Å². The van der Waals surface area contributed by atoms with Crippen molar-refractivity contribution in [1.29, 1.82) is 0 Å². The third-order valence-electron chi connectivity index (χ3n) is 5.46. The molecule has 0 aliphatic heterocycles. The van der Waals surface area contributed by atoms with Crippen LogP contribution in [0.15, 0.2) is 97.1 Å². The first-order valence-corrected chi connectivity index (χ1v) is 10.3. The lowest BCUT2D eigenvalue weighted by Crippen LogP contribution is -2.04. The molecular formula is C28H26O2. The summed E-state index contributed by atoms with van der Waals surface area (Å²) in [4.78, 5) is 0. The monoisotopic (exact) mass is 394 g/mol. The molecule has 2 heteroatoms. The molecule has 30 heavy (non-hydrogen) atoms. The van der Waals surface area contributed by atoms with Crippen LogP contribution < -0.4 is 0 Å².